The summed E-state index contributed by atoms with van der Waals surface area (Å²) in [6.45, 7) is 0.188. The van der Waals surface area contributed by atoms with Crippen molar-refractivity contribution in [2.75, 3.05) is 6.54 Å². The van der Waals surface area contributed by atoms with Gasteiger partial charge in [0, 0.05) is 11.9 Å². The summed E-state index contributed by atoms with van der Waals surface area (Å²) in [5.41, 5.74) is 0.840. The van der Waals surface area contributed by atoms with Crippen molar-refractivity contribution in [3.8, 4) is 5.75 Å². The van der Waals surface area contributed by atoms with E-state index in [4.69, 9.17) is 10.2 Å². The lowest BCUT2D eigenvalue weighted by atomic mass is 10.1. The predicted octanol–water partition coefficient (Wildman–Crippen LogP) is 1.67. The van der Waals surface area contributed by atoms with Gasteiger partial charge in [-0.3, -0.25) is 0 Å². The van der Waals surface area contributed by atoms with Gasteiger partial charge in [-0.25, -0.2) is 17.9 Å². The summed E-state index contributed by atoms with van der Waals surface area (Å²) in [6, 6.07) is 7.61. The fraction of sp³-hybridized carbons (Fsp3) is 0.154. The molecule has 2 rings (SSSR count). The molecule has 0 saturated heterocycles. The maximum absolute atomic E-state index is 12.0. The quantitative estimate of drug-likeness (QED) is 0.749. The highest BCUT2D eigenvalue weighted by atomic mass is 32.2. The first-order chi connectivity index (χ1) is 9.88. The summed E-state index contributed by atoms with van der Waals surface area (Å²) in [6.07, 6.45) is 0.469. The molecule has 21 heavy (non-hydrogen) atoms. The molecule has 112 valence electrons. The van der Waals surface area contributed by atoms with E-state index < -0.39 is 16.0 Å². The largest absolute Gasteiger partial charge is 0.508 e. The van der Waals surface area contributed by atoms with Crippen molar-refractivity contribution in [1.29, 1.82) is 0 Å². The molecule has 8 heteroatoms. The van der Waals surface area contributed by atoms with Crippen LogP contribution >= 0.6 is 11.3 Å². The zero-order valence-electron chi connectivity index (χ0n) is 10.8. The molecule has 6 nitrogen and oxygen atoms in total. The fourth-order valence-corrected chi connectivity index (χ4v) is 3.86. The number of benzene rings is 1. The summed E-state index contributed by atoms with van der Waals surface area (Å²) in [4.78, 5) is 10.7. The number of carboxylic acids is 1. The second-order valence-corrected chi connectivity index (χ2v) is 7.18. The number of phenolic OH excluding ortho intramolecular Hbond substituents is 1. The number of hydrogen-bond acceptors (Lipinski definition) is 5. The van der Waals surface area contributed by atoms with Gasteiger partial charge in [0.15, 0.2) is 0 Å². The van der Waals surface area contributed by atoms with E-state index in [1.54, 1.807) is 12.1 Å². The molecular weight excluding hydrogens is 314 g/mol. The van der Waals surface area contributed by atoms with Crippen molar-refractivity contribution in [2.24, 2.45) is 0 Å². The third-order valence-corrected chi connectivity index (χ3v) is 5.63. The van der Waals surface area contributed by atoms with E-state index in [2.05, 4.69) is 4.72 Å². The smallest absolute Gasteiger partial charge is 0.336 e. The summed E-state index contributed by atoms with van der Waals surface area (Å²) in [5.74, 6) is -1.00. The van der Waals surface area contributed by atoms with Crippen LogP contribution in [0.2, 0.25) is 0 Å². The summed E-state index contributed by atoms with van der Waals surface area (Å²) in [5, 5.41) is 19.2. The van der Waals surface area contributed by atoms with Crippen LogP contribution in [0.3, 0.4) is 0 Å². The van der Waals surface area contributed by atoms with Crippen LogP contribution in [0, 0.1) is 0 Å². The van der Waals surface area contributed by atoms with Crippen LogP contribution in [0.15, 0.2) is 39.9 Å². The number of sulfonamides is 1. The van der Waals surface area contributed by atoms with Crippen molar-refractivity contribution in [3.63, 3.8) is 0 Å². The first-order valence-corrected chi connectivity index (χ1v) is 8.34. The number of hydrogen-bond donors (Lipinski definition) is 3. The molecule has 0 amide bonds. The third kappa shape index (κ3) is 4.03. The van der Waals surface area contributed by atoms with E-state index in [0.717, 1.165) is 23.0 Å². The van der Waals surface area contributed by atoms with Crippen LogP contribution in [0.1, 0.15) is 15.9 Å². The molecule has 0 atom stereocenters. The lowest BCUT2D eigenvalue weighted by molar-refractivity contribution is 0.0697. The van der Waals surface area contributed by atoms with Gasteiger partial charge in [0.25, 0.3) is 0 Å². The lowest BCUT2D eigenvalue weighted by Gasteiger charge is -2.05. The van der Waals surface area contributed by atoms with Crippen LogP contribution in [0.5, 0.6) is 5.75 Å². The molecule has 3 N–H and O–H groups in total. The van der Waals surface area contributed by atoms with Crippen LogP contribution < -0.4 is 4.72 Å². The molecule has 0 fully saturated rings. The number of aromatic hydroxyl groups is 1. The highest BCUT2D eigenvalue weighted by Gasteiger charge is 2.18. The zero-order chi connectivity index (χ0) is 15.5. The molecule has 0 saturated carbocycles. The molecule has 0 aliphatic carbocycles. The molecule has 0 unspecified atom stereocenters. The van der Waals surface area contributed by atoms with Crippen molar-refractivity contribution in [2.45, 2.75) is 10.6 Å². The molecule has 0 radical (unpaired) electrons. The van der Waals surface area contributed by atoms with Gasteiger partial charge in [0.05, 0.1) is 5.56 Å². The minimum Gasteiger partial charge on any atom is -0.508 e. The maximum atomic E-state index is 12.0. The van der Waals surface area contributed by atoms with Crippen LogP contribution in [-0.2, 0) is 16.4 Å². The summed E-state index contributed by atoms with van der Waals surface area (Å²) < 4.78 is 26.4. The number of aromatic carboxylic acids is 1. The second kappa shape index (κ2) is 6.25. The molecule has 0 aliphatic rings. The van der Waals surface area contributed by atoms with E-state index >= 15 is 0 Å². The minimum atomic E-state index is -3.70. The van der Waals surface area contributed by atoms with Gasteiger partial charge in [0.1, 0.15) is 9.96 Å². The van der Waals surface area contributed by atoms with Crippen molar-refractivity contribution in [1.82, 2.24) is 4.72 Å². The SMILES string of the molecule is O=C(O)c1csc(S(=O)(=O)NCCc2ccc(O)cc2)c1. The van der Waals surface area contributed by atoms with Gasteiger partial charge in [-0.15, -0.1) is 11.3 Å². The molecule has 1 aromatic carbocycles. The minimum absolute atomic E-state index is 0.0226. The van der Waals surface area contributed by atoms with Crippen LogP contribution in [-0.4, -0.2) is 31.1 Å². The second-order valence-electron chi connectivity index (χ2n) is 4.27. The Balaban J connectivity index is 1.97. The molecule has 0 aliphatic heterocycles. The maximum Gasteiger partial charge on any atom is 0.336 e. The summed E-state index contributed by atoms with van der Waals surface area (Å²) in [7, 11) is -3.70. The topological polar surface area (TPSA) is 104 Å². The van der Waals surface area contributed by atoms with Crippen LogP contribution in [0.25, 0.3) is 0 Å². The molecule has 0 bridgehead atoms. The fourth-order valence-electron chi connectivity index (χ4n) is 1.63. The monoisotopic (exact) mass is 327 g/mol. The Hall–Kier alpha value is -1.90. The average Bonchev–Trinajstić information content (AvgIpc) is 2.91. The Morgan fingerprint density at radius 2 is 1.90 bits per heavy atom. The number of carbonyl (C=O) groups is 1. The number of thiophene rings is 1. The van der Waals surface area contributed by atoms with Gasteiger partial charge < -0.3 is 10.2 Å². The first-order valence-electron chi connectivity index (χ1n) is 5.98. The number of phenols is 1. The van der Waals surface area contributed by atoms with Gasteiger partial charge in [-0.05, 0) is 30.2 Å². The standard InChI is InChI=1S/C13H13NO5S2/c15-11-3-1-9(2-4-11)5-6-14-21(18,19)12-7-10(8-20-12)13(16)17/h1-4,7-8,14-15H,5-6H2,(H,16,17). The molecular formula is C13H13NO5S2. The Morgan fingerprint density at radius 3 is 2.48 bits per heavy atom. The van der Waals surface area contributed by atoms with Crippen LogP contribution in [0.4, 0.5) is 0 Å². The number of carboxylic acid groups (broad SMARTS) is 1. The highest BCUT2D eigenvalue weighted by Crippen LogP contribution is 2.20. The average molecular weight is 327 g/mol. The van der Waals surface area contributed by atoms with Gasteiger partial charge in [-0.2, -0.15) is 0 Å². The van der Waals surface area contributed by atoms with Crippen molar-refractivity contribution >= 4 is 27.3 Å². The molecule has 2 aromatic rings. The Bertz CT molecular complexity index is 734. The third-order valence-electron chi connectivity index (χ3n) is 2.73. The van der Waals surface area contributed by atoms with E-state index in [0.29, 0.717) is 6.42 Å². The zero-order valence-corrected chi connectivity index (χ0v) is 12.4. The Labute approximate surface area is 125 Å². The van der Waals surface area contributed by atoms with Gasteiger partial charge in [-0.1, -0.05) is 12.1 Å². The Kier molecular flexibility index (Phi) is 4.61. The highest BCUT2D eigenvalue weighted by molar-refractivity contribution is 7.91. The predicted molar refractivity (Wildman–Crippen MR) is 78.3 cm³/mol. The lowest BCUT2D eigenvalue weighted by Crippen LogP contribution is -2.25. The van der Waals surface area contributed by atoms with E-state index in [1.807, 2.05) is 0 Å². The van der Waals surface area contributed by atoms with Crippen molar-refractivity contribution in [3.05, 3.63) is 46.8 Å². The van der Waals surface area contributed by atoms with E-state index in [9.17, 15) is 13.2 Å². The van der Waals surface area contributed by atoms with E-state index in [-0.39, 0.29) is 22.1 Å². The normalized spacial score (nSPS) is 11.4. The Morgan fingerprint density at radius 1 is 1.24 bits per heavy atom. The van der Waals surface area contributed by atoms with E-state index in [1.165, 1.54) is 17.5 Å². The van der Waals surface area contributed by atoms with Crippen molar-refractivity contribution < 1.29 is 23.4 Å². The molecule has 1 aromatic heterocycles. The van der Waals surface area contributed by atoms with Gasteiger partial charge in [0.2, 0.25) is 10.0 Å². The van der Waals surface area contributed by atoms with Gasteiger partial charge >= 0.3 is 5.97 Å². The molecule has 0 spiro atoms. The number of rotatable bonds is 6. The number of nitrogens with one attached hydrogen (secondary N) is 1. The summed E-state index contributed by atoms with van der Waals surface area (Å²) >= 11 is 0.869. The first kappa shape index (κ1) is 15.5. The molecule has 1 heterocycles.